The number of rotatable bonds is 0. The van der Waals surface area contributed by atoms with Crippen molar-refractivity contribution < 1.29 is 4.79 Å². The number of allylic oxidation sites excluding steroid dienone is 2. The molecule has 1 aliphatic rings. The van der Waals surface area contributed by atoms with Gasteiger partial charge >= 0.3 is 0 Å². The molecule has 0 radical (unpaired) electrons. The first-order valence-corrected chi connectivity index (χ1v) is 3.64. The Kier molecular flexibility index (Phi) is 2.62. The van der Waals surface area contributed by atoms with E-state index in [-0.39, 0.29) is 5.78 Å². The highest BCUT2D eigenvalue weighted by atomic mass is 16.1. The Bertz CT molecular complexity index is 313. The van der Waals surface area contributed by atoms with Crippen molar-refractivity contribution in [3.8, 4) is 0 Å². The summed E-state index contributed by atoms with van der Waals surface area (Å²) in [6.07, 6.45) is 4.50. The molecule has 0 amide bonds. The third kappa shape index (κ3) is 2.22. The topological polar surface area (TPSA) is 41.5 Å². The molecule has 1 aliphatic heterocycles. The van der Waals surface area contributed by atoms with Crippen LogP contribution in [0.4, 0.5) is 0 Å². The van der Waals surface area contributed by atoms with E-state index in [1.54, 1.807) is 12.3 Å². The van der Waals surface area contributed by atoms with E-state index in [1.165, 1.54) is 6.21 Å². The van der Waals surface area contributed by atoms with E-state index in [9.17, 15) is 4.79 Å². The summed E-state index contributed by atoms with van der Waals surface area (Å²) in [5, 5.41) is 3.63. The van der Waals surface area contributed by atoms with Crippen LogP contribution in [0.5, 0.6) is 0 Å². The van der Waals surface area contributed by atoms with Gasteiger partial charge in [0.15, 0.2) is 0 Å². The van der Waals surface area contributed by atoms with Crippen LogP contribution in [-0.4, -0.2) is 12.0 Å². The van der Waals surface area contributed by atoms with Gasteiger partial charge in [0.25, 0.3) is 0 Å². The molecule has 0 aromatic rings. The lowest BCUT2D eigenvalue weighted by atomic mass is 10.1. The summed E-state index contributed by atoms with van der Waals surface area (Å²) < 4.78 is 0. The number of Topliss-reactive ketones (excluding diaryl/α,β-unsaturated/α-hetero) is 1. The SMILES string of the molecule is CC(C)=C=C1C=CNN=CC1=O. The number of hydrogen-bond donors (Lipinski definition) is 1. The Morgan fingerprint density at radius 1 is 1.58 bits per heavy atom. The second-order valence-corrected chi connectivity index (χ2v) is 2.62. The van der Waals surface area contributed by atoms with E-state index in [1.807, 2.05) is 13.8 Å². The van der Waals surface area contributed by atoms with Gasteiger partial charge in [0, 0.05) is 6.20 Å². The Labute approximate surface area is 71.2 Å². The second-order valence-electron chi connectivity index (χ2n) is 2.62. The van der Waals surface area contributed by atoms with Crippen LogP contribution in [0.3, 0.4) is 0 Å². The van der Waals surface area contributed by atoms with Gasteiger partial charge in [-0.2, -0.15) is 5.10 Å². The molecule has 0 saturated carbocycles. The minimum atomic E-state index is -0.127. The van der Waals surface area contributed by atoms with E-state index in [0.717, 1.165) is 5.57 Å². The predicted molar refractivity (Wildman–Crippen MR) is 47.7 cm³/mol. The number of carbonyl (C=O) groups excluding carboxylic acids is 1. The maximum Gasteiger partial charge on any atom is 0.213 e. The van der Waals surface area contributed by atoms with E-state index < -0.39 is 0 Å². The highest BCUT2D eigenvalue weighted by Gasteiger charge is 2.03. The van der Waals surface area contributed by atoms with Crippen molar-refractivity contribution in [2.24, 2.45) is 5.10 Å². The summed E-state index contributed by atoms with van der Waals surface area (Å²) in [7, 11) is 0. The van der Waals surface area contributed by atoms with Crippen molar-refractivity contribution in [2.45, 2.75) is 13.8 Å². The molecular weight excluding hydrogens is 152 g/mol. The van der Waals surface area contributed by atoms with Crippen molar-refractivity contribution in [3.05, 3.63) is 29.2 Å². The Balaban J connectivity index is 3.12. The molecule has 12 heavy (non-hydrogen) atoms. The normalized spacial score (nSPS) is 15.2. The zero-order valence-corrected chi connectivity index (χ0v) is 7.09. The van der Waals surface area contributed by atoms with Crippen LogP contribution in [0.1, 0.15) is 13.8 Å². The summed E-state index contributed by atoms with van der Waals surface area (Å²) in [5.41, 5.74) is 7.02. The van der Waals surface area contributed by atoms with Gasteiger partial charge < -0.3 is 0 Å². The molecule has 0 aliphatic carbocycles. The van der Waals surface area contributed by atoms with E-state index in [4.69, 9.17) is 0 Å². The fourth-order valence-corrected chi connectivity index (χ4v) is 0.784. The maximum atomic E-state index is 11.2. The highest BCUT2D eigenvalue weighted by Crippen LogP contribution is 1.99. The highest BCUT2D eigenvalue weighted by molar-refractivity contribution is 6.36. The van der Waals surface area contributed by atoms with Gasteiger partial charge in [-0.05, 0) is 25.5 Å². The molecule has 0 fully saturated rings. The third-order valence-corrected chi connectivity index (χ3v) is 1.23. The first-order valence-electron chi connectivity index (χ1n) is 3.64. The Hall–Kier alpha value is -1.60. The molecule has 3 heteroatoms. The number of nitrogens with one attached hydrogen (secondary N) is 1. The van der Waals surface area contributed by atoms with Gasteiger partial charge in [-0.25, -0.2) is 0 Å². The molecule has 0 unspecified atom stereocenters. The summed E-state index contributed by atoms with van der Waals surface area (Å²) in [6.45, 7) is 3.78. The van der Waals surface area contributed by atoms with Gasteiger partial charge in [0.05, 0.1) is 11.8 Å². The number of hydrogen-bond acceptors (Lipinski definition) is 3. The lowest BCUT2D eigenvalue weighted by Gasteiger charge is -1.87. The Morgan fingerprint density at radius 2 is 2.33 bits per heavy atom. The zero-order valence-electron chi connectivity index (χ0n) is 7.09. The molecule has 1 rings (SSSR count). The minimum Gasteiger partial charge on any atom is -0.287 e. The van der Waals surface area contributed by atoms with Crippen LogP contribution in [-0.2, 0) is 4.79 Å². The van der Waals surface area contributed by atoms with Crippen molar-refractivity contribution in [3.63, 3.8) is 0 Å². The van der Waals surface area contributed by atoms with Crippen LogP contribution in [0.25, 0.3) is 0 Å². The largest absolute Gasteiger partial charge is 0.287 e. The van der Waals surface area contributed by atoms with Crippen molar-refractivity contribution in [2.75, 3.05) is 0 Å². The number of hydrazone groups is 1. The molecule has 0 bridgehead atoms. The lowest BCUT2D eigenvalue weighted by molar-refractivity contribution is -0.109. The van der Waals surface area contributed by atoms with Crippen LogP contribution in [0.2, 0.25) is 0 Å². The van der Waals surface area contributed by atoms with E-state index >= 15 is 0 Å². The van der Waals surface area contributed by atoms with Crippen LogP contribution < -0.4 is 5.43 Å². The van der Waals surface area contributed by atoms with Crippen molar-refractivity contribution in [1.82, 2.24) is 5.43 Å². The predicted octanol–water partition coefficient (Wildman–Crippen LogP) is 1.15. The lowest BCUT2D eigenvalue weighted by Crippen LogP contribution is -2.00. The van der Waals surface area contributed by atoms with Crippen LogP contribution >= 0.6 is 0 Å². The molecular formula is C9H10N2O. The van der Waals surface area contributed by atoms with E-state index in [0.29, 0.717) is 5.57 Å². The van der Waals surface area contributed by atoms with Crippen LogP contribution in [0, 0.1) is 0 Å². The van der Waals surface area contributed by atoms with Gasteiger partial charge in [0.2, 0.25) is 5.78 Å². The molecule has 0 aromatic carbocycles. The molecule has 3 nitrogen and oxygen atoms in total. The smallest absolute Gasteiger partial charge is 0.213 e. The fourth-order valence-electron chi connectivity index (χ4n) is 0.784. The number of nitrogens with zero attached hydrogens (tertiary/aromatic N) is 1. The maximum absolute atomic E-state index is 11.2. The summed E-state index contributed by atoms with van der Waals surface area (Å²) in [4.78, 5) is 11.2. The fraction of sp³-hybridized carbons (Fsp3) is 0.222. The molecule has 0 atom stereocenters. The van der Waals surface area contributed by atoms with Gasteiger partial charge in [-0.3, -0.25) is 10.2 Å². The first kappa shape index (κ1) is 8.50. The quantitative estimate of drug-likeness (QED) is 0.429. The van der Waals surface area contributed by atoms with Gasteiger partial charge in [-0.1, -0.05) is 0 Å². The molecule has 0 aromatic heterocycles. The molecule has 0 spiro atoms. The Morgan fingerprint density at radius 3 is 3.00 bits per heavy atom. The standard InChI is InChI=1S/C9H10N2O/c1-7(2)5-8-3-4-10-11-6-9(8)12/h3-4,6,10H,1-2H3. The average Bonchev–Trinajstić information content (AvgIpc) is 2.16. The zero-order chi connectivity index (χ0) is 8.97. The number of ketones is 1. The average molecular weight is 162 g/mol. The minimum absolute atomic E-state index is 0.127. The monoisotopic (exact) mass is 162 g/mol. The molecule has 1 N–H and O–H groups in total. The second kappa shape index (κ2) is 3.69. The third-order valence-electron chi connectivity index (χ3n) is 1.23. The molecule has 1 heterocycles. The van der Waals surface area contributed by atoms with Gasteiger partial charge in [0.1, 0.15) is 0 Å². The summed E-state index contributed by atoms with van der Waals surface area (Å²) in [6, 6.07) is 0. The van der Waals surface area contributed by atoms with Crippen molar-refractivity contribution in [1.29, 1.82) is 0 Å². The summed E-state index contributed by atoms with van der Waals surface area (Å²) >= 11 is 0. The molecule has 62 valence electrons. The molecule has 0 saturated heterocycles. The van der Waals surface area contributed by atoms with E-state index in [2.05, 4.69) is 16.3 Å². The first-order chi connectivity index (χ1) is 5.70. The number of carbonyl (C=O) groups is 1. The summed E-state index contributed by atoms with van der Waals surface area (Å²) in [5.74, 6) is -0.127. The van der Waals surface area contributed by atoms with Gasteiger partial charge in [-0.15, -0.1) is 5.73 Å². The van der Waals surface area contributed by atoms with Crippen LogP contribution in [0.15, 0.2) is 34.3 Å². The van der Waals surface area contributed by atoms with Crippen molar-refractivity contribution >= 4 is 12.0 Å².